The number of rotatable bonds is 6. The van der Waals surface area contributed by atoms with E-state index in [1.165, 1.54) is 0 Å². The van der Waals surface area contributed by atoms with Crippen LogP contribution in [0.4, 0.5) is 9.59 Å². The summed E-state index contributed by atoms with van der Waals surface area (Å²) < 4.78 is 4.86. The van der Waals surface area contributed by atoms with Crippen LogP contribution in [0.1, 0.15) is 5.56 Å². The average Bonchev–Trinajstić information content (AvgIpc) is 2.41. The van der Waals surface area contributed by atoms with E-state index in [1.807, 2.05) is 11.4 Å². The summed E-state index contributed by atoms with van der Waals surface area (Å²) in [6.45, 7) is -0.342. The number of aliphatic carboxylic acids is 1. The average molecular weight is 303 g/mol. The quantitative estimate of drug-likeness (QED) is 0.457. The molecule has 1 rings (SSSR count). The van der Waals surface area contributed by atoms with E-state index in [9.17, 15) is 19.5 Å². The van der Waals surface area contributed by atoms with Crippen LogP contribution in [0.5, 0.6) is 0 Å². The first-order chi connectivity index (χ1) is 9.49. The number of nitrogens with two attached hydrogens (primary N) is 1. The maximum Gasteiger partial charge on any atom is 1.00 e. The minimum atomic E-state index is -1.56. The molecule has 108 valence electrons. The Hall–Kier alpha value is -1.77. The molecule has 0 aromatic heterocycles. The number of alkyl carbamates (subject to hydrolysis) is 1. The molecule has 1 aromatic rings. The predicted octanol–water partition coefficient (Wildman–Crippen LogP) is -4.30. The number of ether oxygens (including phenoxy) is 1. The number of carbonyl (C=O) groups is 3. The van der Waals surface area contributed by atoms with E-state index in [4.69, 9.17) is 10.5 Å². The van der Waals surface area contributed by atoms with Crippen LogP contribution in [0.15, 0.2) is 30.3 Å². The van der Waals surface area contributed by atoms with E-state index in [-0.39, 0.29) is 42.7 Å². The molecular formula is C12H14N3NaO5. The van der Waals surface area contributed by atoms with Gasteiger partial charge in [-0.2, -0.15) is 0 Å². The molecular weight excluding hydrogens is 289 g/mol. The Balaban J connectivity index is 0.00000400. The van der Waals surface area contributed by atoms with Crippen molar-refractivity contribution in [2.24, 2.45) is 5.73 Å². The molecule has 1 atom stereocenters. The van der Waals surface area contributed by atoms with Crippen molar-refractivity contribution in [3.8, 4) is 0 Å². The van der Waals surface area contributed by atoms with Gasteiger partial charge in [0.2, 0.25) is 0 Å². The van der Waals surface area contributed by atoms with E-state index in [1.54, 1.807) is 24.3 Å². The summed E-state index contributed by atoms with van der Waals surface area (Å²) in [7, 11) is 0. The zero-order chi connectivity index (χ0) is 15.0. The second-order valence-electron chi connectivity index (χ2n) is 3.82. The topological polar surface area (TPSA) is 134 Å². The molecule has 0 unspecified atom stereocenters. The summed E-state index contributed by atoms with van der Waals surface area (Å²) in [5.74, 6) is -1.56. The van der Waals surface area contributed by atoms with Gasteiger partial charge in [0, 0.05) is 6.54 Å². The molecule has 21 heavy (non-hydrogen) atoms. The second-order valence-corrected chi connectivity index (χ2v) is 3.82. The number of carboxylic acid groups (broad SMARTS) is 1. The Morgan fingerprint density at radius 1 is 1.24 bits per heavy atom. The van der Waals surface area contributed by atoms with E-state index in [2.05, 4.69) is 5.32 Å². The standard InChI is InChI=1S/C12H15N3O5.Na/c13-11(18)15-9(10(16)17)6-14-12(19)20-7-8-4-2-1-3-5-8;/h1-5,9H,6-7H2,(H,14,19)(H,16,17)(H3,13,15,18);/q;+1/p-1/t9-;/m1./s1. The molecule has 8 nitrogen and oxygen atoms in total. The van der Waals surface area contributed by atoms with Crippen LogP contribution < -0.4 is 51.0 Å². The van der Waals surface area contributed by atoms with Crippen LogP contribution in [0.25, 0.3) is 0 Å². The van der Waals surface area contributed by atoms with Gasteiger partial charge in [-0.3, -0.25) is 0 Å². The van der Waals surface area contributed by atoms with Gasteiger partial charge in [-0.05, 0) is 5.56 Å². The number of carboxylic acids is 1. The second kappa shape index (κ2) is 10.0. The molecule has 4 N–H and O–H groups in total. The first kappa shape index (κ1) is 19.2. The van der Waals surface area contributed by atoms with E-state index < -0.39 is 24.1 Å². The number of carbonyl (C=O) groups excluding carboxylic acids is 3. The molecule has 0 fully saturated rings. The first-order valence-electron chi connectivity index (χ1n) is 5.70. The summed E-state index contributed by atoms with van der Waals surface area (Å²) in [6, 6.07) is 6.50. The van der Waals surface area contributed by atoms with Crippen molar-refractivity contribution in [3.05, 3.63) is 35.9 Å². The summed E-state index contributed by atoms with van der Waals surface area (Å²) >= 11 is 0. The van der Waals surface area contributed by atoms with Gasteiger partial charge in [0.15, 0.2) is 0 Å². The van der Waals surface area contributed by atoms with Gasteiger partial charge < -0.3 is 31.0 Å². The molecule has 0 radical (unpaired) electrons. The summed E-state index contributed by atoms with van der Waals surface area (Å²) in [4.78, 5) is 32.5. The Morgan fingerprint density at radius 2 is 1.86 bits per heavy atom. The normalized spacial score (nSPS) is 10.7. The van der Waals surface area contributed by atoms with Gasteiger partial charge >= 0.3 is 41.7 Å². The van der Waals surface area contributed by atoms with Crippen molar-refractivity contribution in [3.63, 3.8) is 0 Å². The summed E-state index contributed by atoms with van der Waals surface area (Å²) in [6.07, 6.45) is -0.814. The van der Waals surface area contributed by atoms with Crippen LogP contribution in [0, 0.1) is 0 Å². The van der Waals surface area contributed by atoms with Crippen molar-refractivity contribution < 1.29 is 53.8 Å². The zero-order valence-corrected chi connectivity index (χ0v) is 13.5. The molecule has 3 amide bonds. The van der Waals surface area contributed by atoms with Crippen molar-refractivity contribution in [1.29, 1.82) is 0 Å². The fourth-order valence-electron chi connectivity index (χ4n) is 1.32. The number of primary amides is 1. The van der Waals surface area contributed by atoms with Gasteiger partial charge in [0.05, 0.1) is 12.0 Å². The largest absolute Gasteiger partial charge is 1.00 e. The van der Waals surface area contributed by atoms with Gasteiger partial charge in [0.25, 0.3) is 0 Å². The molecule has 0 aliphatic carbocycles. The minimum Gasteiger partial charge on any atom is -0.548 e. The Bertz CT molecular complexity index is 483. The molecule has 0 aliphatic heterocycles. The van der Waals surface area contributed by atoms with Gasteiger partial charge in [0.1, 0.15) is 6.61 Å². The minimum absolute atomic E-state index is 0. The molecule has 0 heterocycles. The van der Waals surface area contributed by atoms with Crippen molar-refractivity contribution in [2.75, 3.05) is 6.54 Å². The van der Waals surface area contributed by atoms with E-state index in [0.717, 1.165) is 5.56 Å². The van der Waals surface area contributed by atoms with Crippen molar-refractivity contribution >= 4 is 18.1 Å². The fourth-order valence-corrected chi connectivity index (χ4v) is 1.32. The number of urea groups is 1. The predicted molar refractivity (Wildman–Crippen MR) is 66.1 cm³/mol. The number of benzene rings is 1. The molecule has 9 heteroatoms. The van der Waals surface area contributed by atoms with Gasteiger partial charge in [-0.25, -0.2) is 9.59 Å². The molecule has 0 saturated carbocycles. The van der Waals surface area contributed by atoms with Crippen LogP contribution >= 0.6 is 0 Å². The fraction of sp³-hybridized carbons (Fsp3) is 0.250. The van der Waals surface area contributed by atoms with Crippen LogP contribution in [0.3, 0.4) is 0 Å². The SMILES string of the molecule is NC(=O)N[C@H](CNC(=O)OCc1ccccc1)C(=O)[O-].[Na+]. The third-order valence-corrected chi connectivity index (χ3v) is 2.26. The summed E-state index contributed by atoms with van der Waals surface area (Å²) in [5, 5.41) is 14.8. The monoisotopic (exact) mass is 303 g/mol. The number of hydrogen-bond acceptors (Lipinski definition) is 5. The van der Waals surface area contributed by atoms with Crippen LogP contribution in [-0.2, 0) is 16.1 Å². The molecule has 0 saturated heterocycles. The first-order valence-corrected chi connectivity index (χ1v) is 5.70. The van der Waals surface area contributed by atoms with Gasteiger partial charge in [-0.1, -0.05) is 30.3 Å². The van der Waals surface area contributed by atoms with E-state index in [0.29, 0.717) is 0 Å². The number of nitrogens with one attached hydrogen (secondary N) is 2. The molecule has 0 bridgehead atoms. The van der Waals surface area contributed by atoms with Crippen molar-refractivity contribution in [1.82, 2.24) is 10.6 Å². The van der Waals surface area contributed by atoms with Crippen LogP contribution in [0.2, 0.25) is 0 Å². The van der Waals surface area contributed by atoms with Gasteiger partial charge in [-0.15, -0.1) is 0 Å². The Kier molecular flexibility index (Phi) is 9.18. The smallest absolute Gasteiger partial charge is 0.548 e. The maximum absolute atomic E-state index is 11.3. The third kappa shape index (κ3) is 8.18. The summed E-state index contributed by atoms with van der Waals surface area (Å²) in [5.41, 5.74) is 5.57. The Morgan fingerprint density at radius 3 is 2.38 bits per heavy atom. The third-order valence-electron chi connectivity index (χ3n) is 2.26. The maximum atomic E-state index is 11.3. The molecule has 0 aliphatic rings. The van der Waals surface area contributed by atoms with Crippen molar-refractivity contribution in [2.45, 2.75) is 12.6 Å². The number of hydrogen-bond donors (Lipinski definition) is 3. The number of amides is 3. The zero-order valence-electron chi connectivity index (χ0n) is 11.5. The Labute approximate surface area is 143 Å². The molecule has 0 spiro atoms. The van der Waals surface area contributed by atoms with E-state index >= 15 is 0 Å². The van der Waals surface area contributed by atoms with Crippen LogP contribution in [-0.4, -0.2) is 30.7 Å². The molecule has 1 aromatic carbocycles.